The first-order chi connectivity index (χ1) is 20.2. The van der Waals surface area contributed by atoms with Gasteiger partial charge in [0.05, 0.1) is 40.1 Å². The highest BCUT2D eigenvalue weighted by Crippen LogP contribution is 2.29. The molecule has 0 radical (unpaired) electrons. The maximum Gasteiger partial charge on any atom is 0.333 e. The molecule has 42 heavy (non-hydrogen) atoms. The molecule has 0 saturated heterocycles. The fourth-order valence-electron chi connectivity index (χ4n) is 5.99. The summed E-state index contributed by atoms with van der Waals surface area (Å²) in [5.74, 6) is -0.417. The van der Waals surface area contributed by atoms with Crippen molar-refractivity contribution in [2.75, 3.05) is 0 Å². The molecule has 9 nitrogen and oxygen atoms in total. The summed E-state index contributed by atoms with van der Waals surface area (Å²) in [6.07, 6.45) is 2.72. The average molecular weight is 595 g/mol. The van der Waals surface area contributed by atoms with Gasteiger partial charge in [0.1, 0.15) is 11.3 Å². The van der Waals surface area contributed by atoms with Gasteiger partial charge in [-0.1, -0.05) is 23.7 Å². The monoisotopic (exact) mass is 594 g/mol. The Kier molecular flexibility index (Phi) is 7.54. The van der Waals surface area contributed by atoms with Crippen LogP contribution < -0.4 is 11.0 Å². The zero-order valence-corrected chi connectivity index (χ0v) is 23.6. The normalized spacial score (nSPS) is 17.4. The summed E-state index contributed by atoms with van der Waals surface area (Å²) < 4.78 is 32.0. The molecular weight excluding hydrogens is 566 g/mol. The van der Waals surface area contributed by atoms with Crippen molar-refractivity contribution in [2.24, 2.45) is 13.0 Å². The fourth-order valence-corrected chi connectivity index (χ4v) is 6.14. The molecule has 1 aliphatic carbocycles. The number of aliphatic hydroxyl groups excluding tert-OH is 1. The van der Waals surface area contributed by atoms with E-state index in [-0.39, 0.29) is 34.8 Å². The van der Waals surface area contributed by atoms with Crippen LogP contribution in [0.5, 0.6) is 0 Å². The van der Waals surface area contributed by atoms with Gasteiger partial charge in [0.25, 0.3) is 12.3 Å². The first-order valence-electron chi connectivity index (χ1n) is 13.8. The number of aromatic nitrogens is 5. The van der Waals surface area contributed by atoms with Crippen LogP contribution in [0.4, 0.5) is 8.78 Å². The van der Waals surface area contributed by atoms with Crippen LogP contribution in [0.1, 0.15) is 53.9 Å². The van der Waals surface area contributed by atoms with Gasteiger partial charge < -0.3 is 15.0 Å². The molecule has 5 aromatic rings. The minimum atomic E-state index is -2.89. The smallest absolute Gasteiger partial charge is 0.333 e. The Morgan fingerprint density at radius 2 is 1.83 bits per heavy atom. The van der Waals surface area contributed by atoms with Gasteiger partial charge in [-0.3, -0.25) is 18.9 Å². The number of imidazole rings is 1. The molecule has 1 aromatic carbocycles. The number of para-hydroxylation sites is 2. The van der Waals surface area contributed by atoms with Crippen LogP contribution in [0, 0.1) is 5.92 Å². The lowest BCUT2D eigenvalue weighted by molar-refractivity contribution is 0.0904. The second-order valence-corrected chi connectivity index (χ2v) is 11.2. The summed E-state index contributed by atoms with van der Waals surface area (Å²) in [5, 5.41) is 13.5. The molecule has 12 heteroatoms. The van der Waals surface area contributed by atoms with E-state index in [1.165, 1.54) is 6.07 Å². The predicted molar refractivity (Wildman–Crippen MR) is 155 cm³/mol. The summed E-state index contributed by atoms with van der Waals surface area (Å²) in [6, 6.07) is 12.4. The quantitative estimate of drug-likeness (QED) is 0.271. The lowest BCUT2D eigenvalue weighted by atomic mass is 9.85. The van der Waals surface area contributed by atoms with Crippen LogP contribution in [0.25, 0.3) is 27.8 Å². The number of carbonyl (C=O) groups excluding carboxylic acids is 1. The minimum Gasteiger partial charge on any atom is -0.390 e. The Labute approximate surface area is 244 Å². The van der Waals surface area contributed by atoms with Crippen LogP contribution in [0.3, 0.4) is 0 Å². The maximum atomic E-state index is 13.8. The molecule has 1 aliphatic rings. The fraction of sp³-hybridized carbons (Fsp3) is 0.333. The summed E-state index contributed by atoms with van der Waals surface area (Å²) in [5.41, 5.74) is 2.71. The number of hydrogen-bond acceptors (Lipinski definition) is 5. The van der Waals surface area contributed by atoms with Gasteiger partial charge in [-0.05, 0) is 61.9 Å². The second-order valence-electron chi connectivity index (χ2n) is 10.8. The van der Waals surface area contributed by atoms with Gasteiger partial charge in [-0.25, -0.2) is 18.6 Å². The van der Waals surface area contributed by atoms with Crippen molar-refractivity contribution in [3.8, 4) is 5.69 Å². The highest BCUT2D eigenvalue weighted by molar-refractivity contribution is 6.30. The molecule has 4 aromatic heterocycles. The van der Waals surface area contributed by atoms with E-state index in [9.17, 15) is 23.5 Å². The van der Waals surface area contributed by atoms with E-state index < -0.39 is 18.0 Å². The first-order valence-corrected chi connectivity index (χ1v) is 14.1. The Hall–Kier alpha value is -4.09. The predicted octanol–water partition coefficient (Wildman–Crippen LogP) is 5.15. The van der Waals surface area contributed by atoms with E-state index in [4.69, 9.17) is 11.6 Å². The molecule has 1 saturated carbocycles. The number of aryl methyl sites for hydroxylation is 1. The van der Waals surface area contributed by atoms with E-state index in [0.29, 0.717) is 25.1 Å². The van der Waals surface area contributed by atoms with E-state index in [2.05, 4.69) is 15.3 Å². The number of hydrogen-bond donors (Lipinski definition) is 2. The number of halogens is 3. The van der Waals surface area contributed by atoms with Crippen LogP contribution in [-0.2, 0) is 20.2 Å². The molecule has 0 unspecified atom stereocenters. The van der Waals surface area contributed by atoms with Gasteiger partial charge in [0, 0.05) is 36.9 Å². The molecule has 0 bridgehead atoms. The van der Waals surface area contributed by atoms with E-state index in [0.717, 1.165) is 46.8 Å². The number of rotatable bonds is 7. The SMILES string of the molecule is Cn1c(CO)cc2cc(-n3c(=O)n(CC4CCC(NC(=O)c5cc(Cl)cnc5C(F)F)CC4)c4ccccc43)cnc21. The largest absolute Gasteiger partial charge is 0.390 e. The van der Waals surface area contributed by atoms with Crippen molar-refractivity contribution >= 4 is 39.6 Å². The summed E-state index contributed by atoms with van der Waals surface area (Å²) in [4.78, 5) is 34.8. The zero-order valence-electron chi connectivity index (χ0n) is 22.8. The highest BCUT2D eigenvalue weighted by Gasteiger charge is 2.27. The first kappa shape index (κ1) is 28.0. The van der Waals surface area contributed by atoms with Crippen molar-refractivity contribution < 1.29 is 18.7 Å². The number of nitrogens with one attached hydrogen (secondary N) is 1. The molecule has 4 heterocycles. The Bertz CT molecular complexity index is 1860. The van der Waals surface area contributed by atoms with Crippen LogP contribution >= 0.6 is 11.6 Å². The third kappa shape index (κ3) is 5.07. The van der Waals surface area contributed by atoms with Crippen LogP contribution in [0.15, 0.2) is 59.7 Å². The molecule has 6 rings (SSSR count). The van der Waals surface area contributed by atoms with E-state index >= 15 is 0 Å². The third-order valence-electron chi connectivity index (χ3n) is 8.17. The van der Waals surface area contributed by atoms with Crippen molar-refractivity contribution in [3.05, 3.63) is 87.3 Å². The molecule has 0 spiro atoms. The van der Waals surface area contributed by atoms with Gasteiger partial charge in [-0.15, -0.1) is 0 Å². The van der Waals surface area contributed by atoms with E-state index in [1.807, 2.05) is 48.0 Å². The second kappa shape index (κ2) is 11.3. The van der Waals surface area contributed by atoms with Crippen molar-refractivity contribution in [1.29, 1.82) is 0 Å². The molecule has 218 valence electrons. The molecular formula is C30H29ClF2N6O3. The van der Waals surface area contributed by atoms with E-state index in [1.54, 1.807) is 15.3 Å². The van der Waals surface area contributed by atoms with Gasteiger partial charge in [-0.2, -0.15) is 0 Å². The molecule has 1 amide bonds. The number of amides is 1. The molecule has 0 atom stereocenters. The lowest BCUT2D eigenvalue weighted by Crippen LogP contribution is -2.39. The topological polar surface area (TPSA) is 107 Å². The zero-order chi connectivity index (χ0) is 29.5. The number of fused-ring (bicyclic) bond motifs is 2. The van der Waals surface area contributed by atoms with Gasteiger partial charge in [0.15, 0.2) is 0 Å². The maximum absolute atomic E-state index is 13.8. The average Bonchev–Trinajstić information content (AvgIpc) is 3.46. The number of alkyl halides is 2. The lowest BCUT2D eigenvalue weighted by Gasteiger charge is -2.29. The molecule has 0 aliphatic heterocycles. The Balaban J connectivity index is 1.20. The molecule has 1 fully saturated rings. The third-order valence-corrected chi connectivity index (χ3v) is 8.37. The standard InChI is InChI=1S/C30H29ClF2N6O3/c1-37-22(16-40)11-18-10-21(14-35-28(18)37)39-25-5-3-2-4-24(25)38(30(39)42)15-17-6-8-20(9-7-17)36-29(41)23-12-19(31)13-34-26(23)27(32)33/h2-5,10-14,17,20,27,40H,6-9,15-16H2,1H3,(H,36,41). The number of benzene rings is 1. The Morgan fingerprint density at radius 3 is 2.55 bits per heavy atom. The highest BCUT2D eigenvalue weighted by atomic mass is 35.5. The van der Waals surface area contributed by atoms with Crippen LogP contribution in [-0.4, -0.2) is 40.7 Å². The number of nitrogens with zero attached hydrogens (tertiary/aromatic N) is 5. The summed E-state index contributed by atoms with van der Waals surface area (Å²) in [7, 11) is 1.84. The molecule has 2 N–H and O–H groups in total. The summed E-state index contributed by atoms with van der Waals surface area (Å²) >= 11 is 5.91. The minimum absolute atomic E-state index is 0.109. The van der Waals surface area contributed by atoms with Crippen LogP contribution in [0.2, 0.25) is 5.02 Å². The Morgan fingerprint density at radius 1 is 1.10 bits per heavy atom. The van der Waals surface area contributed by atoms with Crippen molar-refractivity contribution in [1.82, 2.24) is 29.0 Å². The number of pyridine rings is 2. The van der Waals surface area contributed by atoms with Gasteiger partial charge in [0.2, 0.25) is 0 Å². The van der Waals surface area contributed by atoms with Crippen molar-refractivity contribution in [3.63, 3.8) is 0 Å². The van der Waals surface area contributed by atoms with Gasteiger partial charge >= 0.3 is 5.69 Å². The van der Waals surface area contributed by atoms with Crippen molar-refractivity contribution in [2.45, 2.75) is 51.3 Å². The summed E-state index contributed by atoms with van der Waals surface area (Å²) in [6.45, 7) is 0.401. The number of carbonyl (C=O) groups is 1. The number of aliphatic hydroxyl groups is 1.